The van der Waals surface area contributed by atoms with Gasteiger partial charge in [-0.15, -0.1) is 0 Å². The Hall–Kier alpha value is -0.920. The van der Waals surface area contributed by atoms with Crippen LogP contribution in [0, 0.1) is 0 Å². The summed E-state index contributed by atoms with van der Waals surface area (Å²) in [5.41, 5.74) is 0. The van der Waals surface area contributed by atoms with Gasteiger partial charge in [0.15, 0.2) is 0 Å². The van der Waals surface area contributed by atoms with Crippen LogP contribution in [0.5, 0.6) is 0 Å². The summed E-state index contributed by atoms with van der Waals surface area (Å²) < 4.78 is 27.0. The quantitative estimate of drug-likeness (QED) is 0.799. The molecule has 0 fully saturated rings. The van der Waals surface area contributed by atoms with Crippen LogP contribution < -0.4 is 0 Å². The number of rotatable bonds is 6. The minimum atomic E-state index is -3.45. The van der Waals surface area contributed by atoms with Crippen molar-refractivity contribution in [3.05, 3.63) is 12.4 Å². The van der Waals surface area contributed by atoms with Crippen molar-refractivity contribution in [2.24, 2.45) is 0 Å². The third-order valence-electron chi connectivity index (χ3n) is 2.56. The van der Waals surface area contributed by atoms with Crippen molar-refractivity contribution >= 4 is 10.0 Å². The molecule has 0 aliphatic rings. The van der Waals surface area contributed by atoms with Crippen LogP contribution in [0.3, 0.4) is 0 Å². The fourth-order valence-electron chi connectivity index (χ4n) is 1.28. The van der Waals surface area contributed by atoms with Gasteiger partial charge in [0.25, 0.3) is 0 Å². The van der Waals surface area contributed by atoms with Gasteiger partial charge in [-0.1, -0.05) is 0 Å². The van der Waals surface area contributed by atoms with E-state index < -0.39 is 10.0 Å². The zero-order valence-corrected chi connectivity index (χ0v) is 11.2. The third-order valence-corrected chi connectivity index (χ3v) is 4.55. The van der Waals surface area contributed by atoms with E-state index in [1.54, 1.807) is 7.05 Å². The van der Waals surface area contributed by atoms with Crippen LogP contribution in [-0.4, -0.2) is 47.3 Å². The Morgan fingerprint density at radius 2 is 2.18 bits per heavy atom. The zero-order chi connectivity index (χ0) is 13.1. The van der Waals surface area contributed by atoms with Gasteiger partial charge in [-0.3, -0.25) is 4.68 Å². The summed E-state index contributed by atoms with van der Waals surface area (Å²) in [6.45, 7) is 4.20. The van der Waals surface area contributed by atoms with E-state index >= 15 is 0 Å². The molecule has 0 saturated carbocycles. The molecule has 1 N–H and O–H groups in total. The molecule has 0 atom stereocenters. The number of hydrogen-bond acceptors (Lipinski definition) is 4. The second-order valence-corrected chi connectivity index (χ2v) is 6.13. The maximum absolute atomic E-state index is 12.1. The summed E-state index contributed by atoms with van der Waals surface area (Å²) in [6.07, 6.45) is 3.39. The Morgan fingerprint density at radius 1 is 1.53 bits per heavy atom. The molecule has 6 nitrogen and oxygen atoms in total. The van der Waals surface area contributed by atoms with Crippen molar-refractivity contribution < 1.29 is 13.5 Å². The van der Waals surface area contributed by atoms with Gasteiger partial charge in [0.1, 0.15) is 4.90 Å². The van der Waals surface area contributed by atoms with Crippen LogP contribution in [0.4, 0.5) is 0 Å². The molecule has 1 rings (SSSR count). The van der Waals surface area contributed by atoms with E-state index in [0.717, 1.165) is 0 Å². The number of aromatic nitrogens is 2. The van der Waals surface area contributed by atoms with Crippen molar-refractivity contribution in [1.29, 1.82) is 0 Å². The first-order valence-electron chi connectivity index (χ1n) is 5.51. The van der Waals surface area contributed by atoms with Crippen LogP contribution in [0.15, 0.2) is 17.3 Å². The lowest BCUT2D eigenvalue weighted by Gasteiger charge is -2.19. The lowest BCUT2D eigenvalue weighted by Crippen LogP contribution is -2.32. The minimum Gasteiger partial charge on any atom is -0.396 e. The monoisotopic (exact) mass is 261 g/mol. The van der Waals surface area contributed by atoms with Gasteiger partial charge < -0.3 is 5.11 Å². The van der Waals surface area contributed by atoms with Gasteiger partial charge in [0.2, 0.25) is 10.0 Å². The van der Waals surface area contributed by atoms with Crippen molar-refractivity contribution in [3.8, 4) is 0 Å². The highest BCUT2D eigenvalue weighted by atomic mass is 32.2. The SMILES string of the molecule is CC(C)N(C)S(=O)(=O)c1cnn(CCCO)c1. The normalized spacial score (nSPS) is 12.6. The molecule has 0 spiro atoms. The predicted molar refractivity (Wildman–Crippen MR) is 64.0 cm³/mol. The van der Waals surface area contributed by atoms with E-state index in [9.17, 15) is 8.42 Å². The first kappa shape index (κ1) is 14.1. The number of hydrogen-bond donors (Lipinski definition) is 1. The van der Waals surface area contributed by atoms with Crippen LogP contribution in [-0.2, 0) is 16.6 Å². The van der Waals surface area contributed by atoms with E-state index in [2.05, 4.69) is 5.10 Å². The zero-order valence-electron chi connectivity index (χ0n) is 10.4. The molecular weight excluding hydrogens is 242 g/mol. The predicted octanol–water partition coefficient (Wildman–Crippen LogP) is 0.294. The smallest absolute Gasteiger partial charge is 0.246 e. The van der Waals surface area contributed by atoms with E-state index in [1.165, 1.54) is 21.4 Å². The molecule has 1 heterocycles. The number of aryl methyl sites for hydroxylation is 1. The van der Waals surface area contributed by atoms with Gasteiger partial charge in [-0.2, -0.15) is 9.40 Å². The molecule has 0 aliphatic carbocycles. The maximum Gasteiger partial charge on any atom is 0.246 e. The number of aliphatic hydroxyl groups excluding tert-OH is 1. The van der Waals surface area contributed by atoms with Gasteiger partial charge in [-0.05, 0) is 20.3 Å². The second kappa shape index (κ2) is 5.61. The number of sulfonamides is 1. The maximum atomic E-state index is 12.1. The summed E-state index contributed by atoms with van der Waals surface area (Å²) in [6, 6.07) is -0.0965. The lowest BCUT2D eigenvalue weighted by atomic mass is 10.4. The van der Waals surface area contributed by atoms with E-state index in [4.69, 9.17) is 5.11 Å². The molecule has 0 aliphatic heterocycles. The van der Waals surface area contributed by atoms with Gasteiger partial charge in [0, 0.05) is 32.4 Å². The van der Waals surface area contributed by atoms with E-state index in [0.29, 0.717) is 13.0 Å². The highest BCUT2D eigenvalue weighted by Gasteiger charge is 2.24. The molecule has 0 radical (unpaired) electrons. The summed E-state index contributed by atoms with van der Waals surface area (Å²) in [5, 5.41) is 12.6. The molecule has 0 amide bonds. The molecule has 1 aromatic rings. The molecular formula is C10H19N3O3S. The van der Waals surface area contributed by atoms with E-state index in [1.807, 2.05) is 13.8 Å². The van der Waals surface area contributed by atoms with Gasteiger partial charge >= 0.3 is 0 Å². The molecule has 0 bridgehead atoms. The molecule has 0 aromatic carbocycles. The Kier molecular flexibility index (Phi) is 4.67. The Bertz CT molecular complexity index is 453. The van der Waals surface area contributed by atoms with Crippen molar-refractivity contribution in [2.45, 2.75) is 37.8 Å². The fourth-order valence-corrected chi connectivity index (χ4v) is 2.60. The average molecular weight is 261 g/mol. The molecule has 98 valence electrons. The molecule has 17 heavy (non-hydrogen) atoms. The average Bonchev–Trinajstić information content (AvgIpc) is 2.74. The first-order valence-corrected chi connectivity index (χ1v) is 6.95. The van der Waals surface area contributed by atoms with Crippen molar-refractivity contribution in [2.75, 3.05) is 13.7 Å². The number of nitrogens with zero attached hydrogens (tertiary/aromatic N) is 3. The van der Waals surface area contributed by atoms with Crippen LogP contribution in [0.2, 0.25) is 0 Å². The Labute approximate surface area is 102 Å². The summed E-state index contributed by atoms with van der Waals surface area (Å²) >= 11 is 0. The highest BCUT2D eigenvalue weighted by molar-refractivity contribution is 7.89. The van der Waals surface area contributed by atoms with Crippen LogP contribution in [0.25, 0.3) is 0 Å². The molecule has 0 unspecified atom stereocenters. The van der Waals surface area contributed by atoms with Crippen molar-refractivity contribution in [1.82, 2.24) is 14.1 Å². The Morgan fingerprint density at radius 3 is 2.71 bits per heavy atom. The number of aliphatic hydroxyl groups is 1. The molecule has 7 heteroatoms. The van der Waals surface area contributed by atoms with Crippen LogP contribution in [0.1, 0.15) is 20.3 Å². The first-order chi connectivity index (χ1) is 7.89. The summed E-state index contributed by atoms with van der Waals surface area (Å²) in [5.74, 6) is 0. The molecule has 1 aromatic heterocycles. The van der Waals surface area contributed by atoms with Gasteiger partial charge in [0.05, 0.1) is 6.20 Å². The highest BCUT2D eigenvalue weighted by Crippen LogP contribution is 2.15. The second-order valence-electron chi connectivity index (χ2n) is 4.13. The fraction of sp³-hybridized carbons (Fsp3) is 0.700. The summed E-state index contributed by atoms with van der Waals surface area (Å²) in [4.78, 5) is 0.187. The van der Waals surface area contributed by atoms with Gasteiger partial charge in [-0.25, -0.2) is 8.42 Å². The largest absolute Gasteiger partial charge is 0.396 e. The lowest BCUT2D eigenvalue weighted by molar-refractivity contribution is 0.277. The van der Waals surface area contributed by atoms with E-state index in [-0.39, 0.29) is 17.5 Å². The minimum absolute atomic E-state index is 0.0633. The summed E-state index contributed by atoms with van der Waals surface area (Å²) in [7, 11) is -1.91. The van der Waals surface area contributed by atoms with Crippen LogP contribution >= 0.6 is 0 Å². The third kappa shape index (κ3) is 3.27. The van der Waals surface area contributed by atoms with Crippen molar-refractivity contribution in [3.63, 3.8) is 0 Å². The molecule has 0 saturated heterocycles. The Balaban J connectivity index is 2.89. The standard InChI is InChI=1S/C10H19N3O3S/c1-9(2)12(3)17(15,16)10-7-11-13(8-10)5-4-6-14/h7-9,14H,4-6H2,1-3H3. The topological polar surface area (TPSA) is 75.4 Å².